The molecule has 0 spiro atoms. The smallest absolute Gasteiger partial charge is 0.134 e. The first-order valence-corrected chi connectivity index (χ1v) is 7.84. The number of hydrogen-bond acceptors (Lipinski definition) is 3. The zero-order valence-electron chi connectivity index (χ0n) is 11.8. The molecule has 1 atom stereocenters. The van der Waals surface area contributed by atoms with Gasteiger partial charge in [0.05, 0.1) is 4.47 Å². The van der Waals surface area contributed by atoms with Crippen molar-refractivity contribution in [2.24, 2.45) is 0 Å². The van der Waals surface area contributed by atoms with Gasteiger partial charge in [0, 0.05) is 44.3 Å². The molecule has 2 rings (SSSR count). The van der Waals surface area contributed by atoms with E-state index in [4.69, 9.17) is 0 Å². The molecule has 1 aromatic carbocycles. The summed E-state index contributed by atoms with van der Waals surface area (Å²) in [5.74, 6) is 0.381. The zero-order chi connectivity index (χ0) is 13.8. The minimum atomic E-state index is 0.381. The topological polar surface area (TPSA) is 26.7 Å². The van der Waals surface area contributed by atoms with Crippen LogP contribution in [0.5, 0.6) is 5.75 Å². The maximum atomic E-state index is 10.0. The molecule has 1 N–H and O–H groups in total. The van der Waals surface area contributed by atoms with Crippen LogP contribution in [-0.4, -0.2) is 47.1 Å². The lowest BCUT2D eigenvalue weighted by molar-refractivity contribution is 0.0958. The molecule has 0 bridgehead atoms. The SMILES string of the molecule is CCC(C)N1CCN(Cc2cccc(Br)c2O)CC1. The molecule has 4 heteroatoms. The summed E-state index contributed by atoms with van der Waals surface area (Å²) in [6, 6.07) is 6.54. The lowest BCUT2D eigenvalue weighted by Crippen LogP contribution is -2.48. The molecule has 0 radical (unpaired) electrons. The van der Waals surface area contributed by atoms with Crippen molar-refractivity contribution in [2.75, 3.05) is 26.2 Å². The predicted octanol–water partition coefficient (Wildman–Crippen LogP) is 3.07. The molecule has 1 aliphatic rings. The van der Waals surface area contributed by atoms with Gasteiger partial charge >= 0.3 is 0 Å². The summed E-state index contributed by atoms with van der Waals surface area (Å²) in [6.45, 7) is 9.80. The molecule has 1 heterocycles. The highest BCUT2D eigenvalue weighted by molar-refractivity contribution is 9.10. The Morgan fingerprint density at radius 1 is 1.26 bits per heavy atom. The molecule has 0 aliphatic carbocycles. The summed E-state index contributed by atoms with van der Waals surface area (Å²) in [5.41, 5.74) is 1.01. The number of halogens is 1. The summed E-state index contributed by atoms with van der Waals surface area (Å²) in [6.07, 6.45) is 1.21. The number of phenolic OH excluding ortho intramolecular Hbond substituents is 1. The number of nitrogens with zero attached hydrogens (tertiary/aromatic N) is 2. The third-order valence-electron chi connectivity index (χ3n) is 4.09. The van der Waals surface area contributed by atoms with Crippen LogP contribution in [0.4, 0.5) is 0 Å². The second-order valence-corrected chi connectivity index (χ2v) is 6.17. The van der Waals surface area contributed by atoms with Gasteiger partial charge in [0.1, 0.15) is 5.75 Å². The Balaban J connectivity index is 1.90. The van der Waals surface area contributed by atoms with Gasteiger partial charge in [-0.2, -0.15) is 0 Å². The van der Waals surface area contributed by atoms with Crippen molar-refractivity contribution in [3.63, 3.8) is 0 Å². The monoisotopic (exact) mass is 326 g/mol. The quantitative estimate of drug-likeness (QED) is 0.921. The van der Waals surface area contributed by atoms with Gasteiger partial charge in [0.15, 0.2) is 0 Å². The Bertz CT molecular complexity index is 417. The van der Waals surface area contributed by atoms with Crippen LogP contribution in [0, 0.1) is 0 Å². The van der Waals surface area contributed by atoms with Crippen LogP contribution in [-0.2, 0) is 6.54 Å². The van der Waals surface area contributed by atoms with E-state index < -0.39 is 0 Å². The fourth-order valence-electron chi connectivity index (χ4n) is 2.55. The van der Waals surface area contributed by atoms with Crippen molar-refractivity contribution in [3.8, 4) is 5.75 Å². The van der Waals surface area contributed by atoms with Crippen molar-refractivity contribution in [1.29, 1.82) is 0 Å². The Labute approximate surface area is 124 Å². The third-order valence-corrected chi connectivity index (χ3v) is 4.73. The Hall–Kier alpha value is -0.580. The first-order chi connectivity index (χ1) is 9.11. The van der Waals surface area contributed by atoms with Crippen LogP contribution >= 0.6 is 15.9 Å². The van der Waals surface area contributed by atoms with E-state index in [1.54, 1.807) is 0 Å². The van der Waals surface area contributed by atoms with Crippen molar-refractivity contribution in [3.05, 3.63) is 28.2 Å². The minimum Gasteiger partial charge on any atom is -0.506 e. The summed E-state index contributed by atoms with van der Waals surface area (Å²) in [7, 11) is 0. The highest BCUT2D eigenvalue weighted by atomic mass is 79.9. The lowest BCUT2D eigenvalue weighted by atomic mass is 10.1. The normalized spacial score (nSPS) is 19.5. The third kappa shape index (κ3) is 3.71. The molecule has 1 saturated heterocycles. The molecule has 0 saturated carbocycles. The van der Waals surface area contributed by atoms with Crippen LogP contribution < -0.4 is 0 Å². The van der Waals surface area contributed by atoms with Crippen LogP contribution in [0.1, 0.15) is 25.8 Å². The first-order valence-electron chi connectivity index (χ1n) is 7.04. The van der Waals surface area contributed by atoms with Crippen molar-refractivity contribution in [2.45, 2.75) is 32.9 Å². The van der Waals surface area contributed by atoms with E-state index in [1.807, 2.05) is 18.2 Å². The van der Waals surface area contributed by atoms with Gasteiger partial charge in [-0.3, -0.25) is 9.80 Å². The molecule has 0 amide bonds. The molecule has 19 heavy (non-hydrogen) atoms. The van der Waals surface area contributed by atoms with Crippen LogP contribution in [0.2, 0.25) is 0 Å². The van der Waals surface area contributed by atoms with E-state index in [1.165, 1.54) is 6.42 Å². The minimum absolute atomic E-state index is 0.381. The maximum absolute atomic E-state index is 10.0. The first kappa shape index (κ1) is 14.8. The lowest BCUT2D eigenvalue weighted by Gasteiger charge is -2.37. The average Bonchev–Trinajstić information content (AvgIpc) is 2.44. The maximum Gasteiger partial charge on any atom is 0.134 e. The molecule has 1 aromatic rings. The molecule has 106 valence electrons. The molecule has 3 nitrogen and oxygen atoms in total. The molecule has 1 aliphatic heterocycles. The van der Waals surface area contributed by atoms with Gasteiger partial charge in [-0.05, 0) is 35.3 Å². The zero-order valence-corrected chi connectivity index (χ0v) is 13.4. The number of piperazine rings is 1. The predicted molar refractivity (Wildman–Crippen MR) is 82.4 cm³/mol. The summed E-state index contributed by atoms with van der Waals surface area (Å²) < 4.78 is 0.781. The fourth-order valence-corrected chi connectivity index (χ4v) is 2.96. The summed E-state index contributed by atoms with van der Waals surface area (Å²) in [4.78, 5) is 4.97. The Morgan fingerprint density at radius 3 is 2.58 bits per heavy atom. The average molecular weight is 327 g/mol. The molecule has 0 aromatic heterocycles. The molecule has 1 unspecified atom stereocenters. The summed E-state index contributed by atoms with van der Waals surface area (Å²) >= 11 is 3.37. The van der Waals surface area contributed by atoms with Crippen LogP contribution in [0.15, 0.2) is 22.7 Å². The van der Waals surface area contributed by atoms with Gasteiger partial charge in [-0.15, -0.1) is 0 Å². The van der Waals surface area contributed by atoms with E-state index >= 15 is 0 Å². The van der Waals surface area contributed by atoms with Gasteiger partial charge < -0.3 is 5.11 Å². The standard InChI is InChI=1S/C15H23BrN2O/c1-3-12(2)18-9-7-17(8-10-18)11-13-5-4-6-14(16)15(13)19/h4-6,12,19H,3,7-11H2,1-2H3. The van der Waals surface area contributed by atoms with E-state index in [-0.39, 0.29) is 0 Å². The van der Waals surface area contributed by atoms with Gasteiger partial charge in [0.25, 0.3) is 0 Å². The number of aromatic hydroxyl groups is 1. The Morgan fingerprint density at radius 2 is 1.95 bits per heavy atom. The van der Waals surface area contributed by atoms with Gasteiger partial charge in [-0.1, -0.05) is 19.1 Å². The van der Waals surface area contributed by atoms with Crippen LogP contribution in [0.25, 0.3) is 0 Å². The van der Waals surface area contributed by atoms with E-state index in [9.17, 15) is 5.11 Å². The Kier molecular flexibility index (Phi) is 5.25. The number of phenols is 1. The number of hydrogen-bond donors (Lipinski definition) is 1. The van der Waals surface area contributed by atoms with E-state index in [2.05, 4.69) is 39.6 Å². The van der Waals surface area contributed by atoms with E-state index in [0.29, 0.717) is 11.8 Å². The number of rotatable bonds is 4. The highest BCUT2D eigenvalue weighted by Gasteiger charge is 2.20. The van der Waals surface area contributed by atoms with Crippen molar-refractivity contribution >= 4 is 15.9 Å². The van der Waals surface area contributed by atoms with Crippen LogP contribution in [0.3, 0.4) is 0 Å². The molecular weight excluding hydrogens is 304 g/mol. The largest absolute Gasteiger partial charge is 0.506 e. The van der Waals surface area contributed by atoms with Gasteiger partial charge in [-0.25, -0.2) is 0 Å². The number of benzene rings is 1. The van der Waals surface area contributed by atoms with E-state index in [0.717, 1.165) is 42.8 Å². The molecular formula is C15H23BrN2O. The second-order valence-electron chi connectivity index (χ2n) is 5.32. The second kappa shape index (κ2) is 6.73. The molecule has 1 fully saturated rings. The summed E-state index contributed by atoms with van der Waals surface area (Å²) in [5, 5.41) is 10.0. The fraction of sp³-hybridized carbons (Fsp3) is 0.600. The number of para-hydroxylation sites is 1. The highest BCUT2D eigenvalue weighted by Crippen LogP contribution is 2.28. The van der Waals surface area contributed by atoms with Crippen molar-refractivity contribution in [1.82, 2.24) is 9.80 Å². The van der Waals surface area contributed by atoms with Gasteiger partial charge in [0.2, 0.25) is 0 Å². The van der Waals surface area contributed by atoms with Crippen molar-refractivity contribution < 1.29 is 5.11 Å².